The van der Waals surface area contributed by atoms with Crippen molar-refractivity contribution >= 4 is 21.6 Å². The lowest BCUT2D eigenvalue weighted by molar-refractivity contribution is -0.116. The first-order valence-electron chi connectivity index (χ1n) is 9.19. The Morgan fingerprint density at radius 1 is 1.00 bits per heavy atom. The third kappa shape index (κ3) is 5.65. The molecule has 0 bridgehead atoms. The lowest BCUT2D eigenvalue weighted by atomic mass is 10.1. The Balaban J connectivity index is 1.94. The molecule has 1 N–H and O–H groups in total. The van der Waals surface area contributed by atoms with Crippen LogP contribution in [0.2, 0.25) is 0 Å². The van der Waals surface area contributed by atoms with Gasteiger partial charge in [0.25, 0.3) is 0 Å². The van der Waals surface area contributed by atoms with E-state index < -0.39 is 10.0 Å². The van der Waals surface area contributed by atoms with E-state index >= 15 is 0 Å². The summed E-state index contributed by atoms with van der Waals surface area (Å²) in [4.78, 5) is 12.4. The highest BCUT2D eigenvalue weighted by atomic mass is 32.2. The number of carbonyl (C=O) groups excluding carboxylic acids is 1. The van der Waals surface area contributed by atoms with Crippen LogP contribution in [0, 0.1) is 0 Å². The minimum atomic E-state index is -3.51. The fraction of sp³-hybridized carbons (Fsp3) is 0.381. The molecule has 0 radical (unpaired) electrons. The Labute approximate surface area is 162 Å². The Hall–Kier alpha value is -2.18. The molecule has 27 heavy (non-hydrogen) atoms. The first-order chi connectivity index (χ1) is 12.7. The summed E-state index contributed by atoms with van der Waals surface area (Å²) in [7, 11) is -1.96. The summed E-state index contributed by atoms with van der Waals surface area (Å²) in [5.41, 5.74) is 2.99. The van der Waals surface area contributed by atoms with E-state index in [0.29, 0.717) is 18.5 Å². The van der Waals surface area contributed by atoms with E-state index in [1.54, 1.807) is 19.2 Å². The number of amides is 1. The number of nitrogens with one attached hydrogen (secondary N) is 1. The molecule has 5 nitrogen and oxygen atoms in total. The third-order valence-electron chi connectivity index (χ3n) is 4.61. The fourth-order valence-electron chi connectivity index (χ4n) is 2.58. The molecule has 0 fully saturated rings. The van der Waals surface area contributed by atoms with Crippen LogP contribution in [-0.4, -0.2) is 31.7 Å². The van der Waals surface area contributed by atoms with Crippen LogP contribution in [0.4, 0.5) is 5.69 Å². The van der Waals surface area contributed by atoms with E-state index in [-0.39, 0.29) is 16.8 Å². The second kappa shape index (κ2) is 9.15. The van der Waals surface area contributed by atoms with Crippen molar-refractivity contribution in [3.05, 3.63) is 59.7 Å². The van der Waals surface area contributed by atoms with Gasteiger partial charge < -0.3 is 5.32 Å². The molecule has 0 saturated carbocycles. The number of anilines is 1. The van der Waals surface area contributed by atoms with Crippen LogP contribution in [0.3, 0.4) is 0 Å². The molecule has 0 saturated heterocycles. The van der Waals surface area contributed by atoms with Crippen molar-refractivity contribution in [1.29, 1.82) is 0 Å². The SMILES string of the molecule is CCc1ccc(CCC(=O)Nc2ccc(S(=O)(=O)N(C)C(C)C)cc2)cc1. The maximum atomic E-state index is 12.5. The van der Waals surface area contributed by atoms with Crippen LogP contribution in [-0.2, 0) is 27.7 Å². The fourth-order valence-corrected chi connectivity index (χ4v) is 3.94. The topological polar surface area (TPSA) is 66.5 Å². The molecule has 1 amide bonds. The molecule has 0 aliphatic rings. The summed E-state index contributed by atoms with van der Waals surface area (Å²) in [5.74, 6) is -0.0931. The molecule has 0 heterocycles. The summed E-state index contributed by atoms with van der Waals surface area (Å²) in [5, 5.41) is 2.82. The van der Waals surface area contributed by atoms with Crippen molar-refractivity contribution in [3.8, 4) is 0 Å². The first kappa shape index (κ1) is 21.1. The molecule has 146 valence electrons. The van der Waals surface area contributed by atoms with Crippen molar-refractivity contribution in [2.24, 2.45) is 0 Å². The second-order valence-corrected chi connectivity index (χ2v) is 8.86. The van der Waals surface area contributed by atoms with Crippen LogP contribution in [0.15, 0.2) is 53.4 Å². The number of hydrogen-bond acceptors (Lipinski definition) is 3. The highest BCUT2D eigenvalue weighted by Gasteiger charge is 2.22. The lowest BCUT2D eigenvalue weighted by Gasteiger charge is -2.21. The minimum Gasteiger partial charge on any atom is -0.326 e. The van der Waals surface area contributed by atoms with Gasteiger partial charge in [0, 0.05) is 25.2 Å². The van der Waals surface area contributed by atoms with Gasteiger partial charge >= 0.3 is 0 Å². The molecule has 0 unspecified atom stereocenters. The molecule has 0 aliphatic carbocycles. The van der Waals surface area contributed by atoms with E-state index in [1.807, 2.05) is 13.8 Å². The number of nitrogens with zero attached hydrogens (tertiary/aromatic N) is 1. The summed E-state index contributed by atoms with van der Waals surface area (Å²) in [6, 6.07) is 14.4. The molecule has 0 aromatic heterocycles. The maximum Gasteiger partial charge on any atom is 0.243 e. The standard InChI is InChI=1S/C21H28N2O3S/c1-5-17-6-8-18(9-7-17)10-15-21(24)22-19-11-13-20(14-12-19)27(25,26)23(4)16(2)3/h6-9,11-14,16H,5,10,15H2,1-4H3,(H,22,24). The predicted molar refractivity (Wildman–Crippen MR) is 109 cm³/mol. The molecular weight excluding hydrogens is 360 g/mol. The molecule has 2 aromatic rings. The maximum absolute atomic E-state index is 12.5. The Bertz CT molecular complexity index is 857. The Morgan fingerprint density at radius 3 is 2.07 bits per heavy atom. The van der Waals surface area contributed by atoms with Crippen molar-refractivity contribution in [2.45, 2.75) is 51.0 Å². The third-order valence-corrected chi connectivity index (χ3v) is 6.66. The van der Waals surface area contributed by atoms with Gasteiger partial charge in [0.2, 0.25) is 15.9 Å². The average Bonchev–Trinajstić information content (AvgIpc) is 2.66. The number of carbonyl (C=O) groups is 1. The second-order valence-electron chi connectivity index (χ2n) is 6.86. The van der Waals surface area contributed by atoms with E-state index in [4.69, 9.17) is 0 Å². The van der Waals surface area contributed by atoms with E-state index in [2.05, 4.69) is 36.5 Å². The predicted octanol–water partition coefficient (Wildman–Crippen LogP) is 3.85. The normalized spacial score (nSPS) is 11.8. The zero-order valence-electron chi connectivity index (χ0n) is 16.4. The van der Waals surface area contributed by atoms with Crippen LogP contribution < -0.4 is 5.32 Å². The van der Waals surface area contributed by atoms with Gasteiger partial charge in [0.1, 0.15) is 0 Å². The number of rotatable bonds is 8. The molecule has 2 rings (SSSR count). The summed E-state index contributed by atoms with van der Waals surface area (Å²) >= 11 is 0. The summed E-state index contributed by atoms with van der Waals surface area (Å²) in [6.07, 6.45) is 2.04. The van der Waals surface area contributed by atoms with Gasteiger partial charge in [-0.3, -0.25) is 4.79 Å². The van der Waals surface area contributed by atoms with Gasteiger partial charge in [-0.25, -0.2) is 8.42 Å². The van der Waals surface area contributed by atoms with Crippen molar-refractivity contribution < 1.29 is 13.2 Å². The number of benzene rings is 2. The average molecular weight is 389 g/mol. The van der Waals surface area contributed by atoms with Crippen molar-refractivity contribution in [2.75, 3.05) is 12.4 Å². The lowest BCUT2D eigenvalue weighted by Crippen LogP contribution is -2.33. The Kier molecular flexibility index (Phi) is 7.16. The highest BCUT2D eigenvalue weighted by Crippen LogP contribution is 2.19. The van der Waals surface area contributed by atoms with E-state index in [1.165, 1.54) is 22.0 Å². The van der Waals surface area contributed by atoms with Gasteiger partial charge in [-0.2, -0.15) is 4.31 Å². The molecule has 0 aliphatic heterocycles. The van der Waals surface area contributed by atoms with Crippen LogP contribution in [0.5, 0.6) is 0 Å². The zero-order valence-corrected chi connectivity index (χ0v) is 17.2. The first-order valence-corrected chi connectivity index (χ1v) is 10.6. The molecule has 6 heteroatoms. The number of hydrogen-bond donors (Lipinski definition) is 1. The van der Waals surface area contributed by atoms with Crippen LogP contribution in [0.1, 0.15) is 38.3 Å². The van der Waals surface area contributed by atoms with Crippen LogP contribution in [0.25, 0.3) is 0 Å². The van der Waals surface area contributed by atoms with Crippen LogP contribution >= 0.6 is 0 Å². The molecule has 2 aromatic carbocycles. The molecule has 0 atom stereocenters. The van der Waals surface area contributed by atoms with Gasteiger partial charge in [-0.15, -0.1) is 0 Å². The van der Waals surface area contributed by atoms with E-state index in [9.17, 15) is 13.2 Å². The molecule has 0 spiro atoms. The van der Waals surface area contributed by atoms with E-state index in [0.717, 1.165) is 12.0 Å². The zero-order chi connectivity index (χ0) is 20.0. The van der Waals surface area contributed by atoms with Crippen molar-refractivity contribution in [3.63, 3.8) is 0 Å². The van der Waals surface area contributed by atoms with Gasteiger partial charge in [0.15, 0.2) is 0 Å². The largest absolute Gasteiger partial charge is 0.326 e. The van der Waals surface area contributed by atoms with Gasteiger partial charge in [-0.1, -0.05) is 31.2 Å². The number of sulfonamides is 1. The Morgan fingerprint density at radius 2 is 1.56 bits per heavy atom. The highest BCUT2D eigenvalue weighted by molar-refractivity contribution is 7.89. The minimum absolute atomic E-state index is 0.0931. The summed E-state index contributed by atoms with van der Waals surface area (Å²) < 4.78 is 26.2. The monoisotopic (exact) mass is 388 g/mol. The van der Waals surface area contributed by atoms with Gasteiger partial charge in [-0.05, 0) is 62.1 Å². The van der Waals surface area contributed by atoms with Gasteiger partial charge in [0.05, 0.1) is 4.90 Å². The van der Waals surface area contributed by atoms with Crippen molar-refractivity contribution in [1.82, 2.24) is 4.31 Å². The number of aryl methyl sites for hydroxylation is 2. The smallest absolute Gasteiger partial charge is 0.243 e. The summed E-state index contributed by atoms with van der Waals surface area (Å²) in [6.45, 7) is 5.75. The molecular formula is C21H28N2O3S. The quantitative estimate of drug-likeness (QED) is 0.747.